The van der Waals surface area contributed by atoms with E-state index >= 15 is 0 Å². The van der Waals surface area contributed by atoms with Crippen molar-refractivity contribution in [3.05, 3.63) is 0 Å². The van der Waals surface area contributed by atoms with Crippen LogP contribution in [-0.2, 0) is 4.79 Å². The summed E-state index contributed by atoms with van der Waals surface area (Å²) in [5, 5.41) is 8.57. The fraction of sp³-hybridized carbons (Fsp3) is 0.889. The van der Waals surface area contributed by atoms with Gasteiger partial charge in [0, 0.05) is 24.8 Å². The summed E-state index contributed by atoms with van der Waals surface area (Å²) in [5.41, 5.74) is 5.38. The summed E-state index contributed by atoms with van der Waals surface area (Å²) in [4.78, 5) is 12.6. The van der Waals surface area contributed by atoms with Crippen molar-refractivity contribution < 1.29 is 9.90 Å². The van der Waals surface area contributed by atoms with E-state index in [1.165, 1.54) is 0 Å². The SMILES string of the molecule is NC(CCCN(CCCl)CCCl)C(=O)O. The Bertz CT molecular complexity index is 175. The number of carbonyl (C=O) groups is 1. The Morgan fingerprint density at radius 3 is 2.20 bits per heavy atom. The van der Waals surface area contributed by atoms with Gasteiger partial charge >= 0.3 is 5.97 Å². The molecule has 3 N–H and O–H groups in total. The molecular formula is C9H18Cl2N2O2. The van der Waals surface area contributed by atoms with Crippen LogP contribution >= 0.6 is 23.2 Å². The third kappa shape index (κ3) is 7.85. The number of halogens is 2. The lowest BCUT2D eigenvalue weighted by Crippen LogP contribution is -2.33. The minimum Gasteiger partial charge on any atom is -0.480 e. The molecule has 0 aliphatic carbocycles. The van der Waals surface area contributed by atoms with Crippen molar-refractivity contribution in [3.63, 3.8) is 0 Å². The highest BCUT2D eigenvalue weighted by atomic mass is 35.5. The number of hydrogen-bond acceptors (Lipinski definition) is 3. The maximum atomic E-state index is 10.4. The van der Waals surface area contributed by atoms with Crippen molar-refractivity contribution in [1.82, 2.24) is 4.90 Å². The monoisotopic (exact) mass is 256 g/mol. The minimum absolute atomic E-state index is 0.483. The number of rotatable bonds is 9. The van der Waals surface area contributed by atoms with Crippen molar-refractivity contribution in [2.75, 3.05) is 31.4 Å². The fourth-order valence-electron chi connectivity index (χ4n) is 1.23. The van der Waals surface area contributed by atoms with E-state index in [9.17, 15) is 4.79 Å². The maximum Gasteiger partial charge on any atom is 0.320 e. The Hall–Kier alpha value is -0.0300. The Morgan fingerprint density at radius 1 is 1.27 bits per heavy atom. The third-order valence-corrected chi connectivity index (χ3v) is 2.45. The standard InChI is InChI=1S/C9H18Cl2N2O2/c10-3-6-13(7-4-11)5-1-2-8(12)9(14)15/h8H,1-7,12H2,(H,14,15). The summed E-state index contributed by atoms with van der Waals surface area (Å²) in [6.07, 6.45) is 1.23. The van der Waals surface area contributed by atoms with Crippen LogP contribution in [0.15, 0.2) is 0 Å². The second kappa shape index (κ2) is 9.21. The Morgan fingerprint density at radius 2 is 1.80 bits per heavy atom. The molecule has 0 aliphatic heterocycles. The van der Waals surface area contributed by atoms with E-state index in [2.05, 4.69) is 4.90 Å². The summed E-state index contributed by atoms with van der Waals surface area (Å²) in [7, 11) is 0. The molecule has 0 amide bonds. The van der Waals surface area contributed by atoms with Gasteiger partial charge in [0.2, 0.25) is 0 Å². The molecular weight excluding hydrogens is 239 g/mol. The Labute approximate surface area is 100 Å². The minimum atomic E-state index is -0.948. The van der Waals surface area contributed by atoms with Gasteiger partial charge in [0.1, 0.15) is 6.04 Å². The Kier molecular flexibility index (Phi) is 9.20. The number of nitrogens with zero attached hydrogens (tertiary/aromatic N) is 1. The van der Waals surface area contributed by atoms with E-state index in [0.29, 0.717) is 18.2 Å². The molecule has 0 heterocycles. The molecule has 0 aromatic rings. The van der Waals surface area contributed by atoms with Crippen LogP contribution in [0.1, 0.15) is 12.8 Å². The van der Waals surface area contributed by atoms with Gasteiger partial charge in [-0.3, -0.25) is 4.79 Å². The van der Waals surface area contributed by atoms with Gasteiger partial charge in [-0.1, -0.05) is 0 Å². The molecule has 0 saturated heterocycles. The molecule has 0 fully saturated rings. The van der Waals surface area contributed by atoms with Crippen molar-refractivity contribution >= 4 is 29.2 Å². The predicted octanol–water partition coefficient (Wildman–Crippen LogP) is 0.958. The third-order valence-electron chi connectivity index (χ3n) is 2.11. The molecule has 0 aromatic carbocycles. The molecule has 15 heavy (non-hydrogen) atoms. The normalized spacial score (nSPS) is 13.1. The first-order chi connectivity index (χ1) is 7.11. The Balaban J connectivity index is 3.64. The van der Waals surface area contributed by atoms with Crippen LogP contribution in [0.2, 0.25) is 0 Å². The number of hydrogen-bond donors (Lipinski definition) is 2. The van der Waals surface area contributed by atoms with Crippen LogP contribution in [0.4, 0.5) is 0 Å². The second-order valence-electron chi connectivity index (χ2n) is 3.31. The zero-order chi connectivity index (χ0) is 11.7. The van der Waals surface area contributed by atoms with Gasteiger partial charge in [-0.05, 0) is 19.4 Å². The quantitative estimate of drug-likeness (QED) is 0.604. The summed E-state index contributed by atoms with van der Waals surface area (Å²) in [6, 6.07) is -0.765. The van der Waals surface area contributed by atoms with Gasteiger partial charge in [0.25, 0.3) is 0 Å². The van der Waals surface area contributed by atoms with E-state index in [1.54, 1.807) is 0 Å². The first-order valence-electron chi connectivity index (χ1n) is 4.94. The zero-order valence-corrected chi connectivity index (χ0v) is 10.2. The molecule has 0 aromatic heterocycles. The van der Waals surface area contributed by atoms with Gasteiger partial charge in [-0.25, -0.2) is 0 Å². The average Bonchev–Trinajstić information content (AvgIpc) is 2.18. The zero-order valence-electron chi connectivity index (χ0n) is 8.66. The van der Waals surface area contributed by atoms with Crippen LogP contribution < -0.4 is 5.73 Å². The number of alkyl halides is 2. The fourth-order valence-corrected chi connectivity index (χ4v) is 1.71. The van der Waals surface area contributed by atoms with Crippen LogP contribution in [-0.4, -0.2) is 53.4 Å². The lowest BCUT2D eigenvalue weighted by molar-refractivity contribution is -0.138. The van der Waals surface area contributed by atoms with Gasteiger partial charge in [-0.15, -0.1) is 23.2 Å². The highest BCUT2D eigenvalue weighted by Crippen LogP contribution is 2.00. The molecule has 0 aliphatic rings. The van der Waals surface area contributed by atoms with Crippen molar-refractivity contribution in [1.29, 1.82) is 0 Å². The predicted molar refractivity (Wildman–Crippen MR) is 62.7 cm³/mol. The van der Waals surface area contributed by atoms with E-state index in [1.807, 2.05) is 0 Å². The van der Waals surface area contributed by atoms with Crippen molar-refractivity contribution in [3.8, 4) is 0 Å². The van der Waals surface area contributed by atoms with Crippen molar-refractivity contribution in [2.45, 2.75) is 18.9 Å². The summed E-state index contributed by atoms with van der Waals surface area (Å²) >= 11 is 11.2. The van der Waals surface area contributed by atoms with Gasteiger partial charge in [0.05, 0.1) is 0 Å². The lowest BCUT2D eigenvalue weighted by Gasteiger charge is -2.20. The highest BCUT2D eigenvalue weighted by Gasteiger charge is 2.11. The maximum absolute atomic E-state index is 10.4. The molecule has 0 saturated carbocycles. The molecule has 0 spiro atoms. The van der Waals surface area contributed by atoms with Gasteiger partial charge in [0.15, 0.2) is 0 Å². The molecule has 1 unspecified atom stereocenters. The number of carboxylic acids is 1. The molecule has 0 bridgehead atoms. The largest absolute Gasteiger partial charge is 0.480 e. The first-order valence-corrected chi connectivity index (χ1v) is 6.01. The average molecular weight is 257 g/mol. The lowest BCUT2D eigenvalue weighted by atomic mass is 10.1. The van der Waals surface area contributed by atoms with Gasteiger partial charge in [-0.2, -0.15) is 0 Å². The summed E-state index contributed by atoms with van der Waals surface area (Å²) < 4.78 is 0. The van der Waals surface area contributed by atoms with E-state index < -0.39 is 12.0 Å². The van der Waals surface area contributed by atoms with Gasteiger partial charge < -0.3 is 15.7 Å². The molecule has 4 nitrogen and oxygen atoms in total. The smallest absolute Gasteiger partial charge is 0.320 e. The summed E-state index contributed by atoms with van der Waals surface area (Å²) in [6.45, 7) is 2.34. The van der Waals surface area contributed by atoms with E-state index in [-0.39, 0.29) is 0 Å². The molecule has 6 heteroatoms. The van der Waals surface area contributed by atoms with Crippen LogP contribution in [0.25, 0.3) is 0 Å². The second-order valence-corrected chi connectivity index (χ2v) is 4.06. The van der Waals surface area contributed by atoms with Crippen LogP contribution in [0.5, 0.6) is 0 Å². The van der Waals surface area contributed by atoms with Crippen LogP contribution in [0, 0.1) is 0 Å². The molecule has 0 radical (unpaired) electrons. The first kappa shape index (κ1) is 15.0. The number of nitrogens with two attached hydrogens (primary N) is 1. The number of aliphatic carboxylic acids is 1. The van der Waals surface area contributed by atoms with Crippen LogP contribution in [0.3, 0.4) is 0 Å². The molecule has 90 valence electrons. The van der Waals surface area contributed by atoms with E-state index in [0.717, 1.165) is 26.1 Å². The molecule has 0 rings (SSSR count). The number of carboxylic acid groups (broad SMARTS) is 1. The van der Waals surface area contributed by atoms with Crippen molar-refractivity contribution in [2.24, 2.45) is 5.73 Å². The summed E-state index contributed by atoms with van der Waals surface area (Å²) in [5.74, 6) is 0.167. The topological polar surface area (TPSA) is 66.6 Å². The van der Waals surface area contributed by atoms with E-state index in [4.69, 9.17) is 34.0 Å². The molecule has 1 atom stereocenters. The highest BCUT2D eigenvalue weighted by molar-refractivity contribution is 6.18.